The van der Waals surface area contributed by atoms with Crippen LogP contribution in [0.5, 0.6) is 5.75 Å². The number of hydrogen-bond acceptors (Lipinski definition) is 3. The largest absolute Gasteiger partial charge is 0.496 e. The van der Waals surface area contributed by atoms with Gasteiger partial charge < -0.3 is 14.4 Å². The van der Waals surface area contributed by atoms with E-state index in [1.807, 2.05) is 53.4 Å². The third-order valence-electron chi connectivity index (χ3n) is 4.10. The molecular formula is C19H21NO3. The maximum Gasteiger partial charge on any atom is 0.257 e. The van der Waals surface area contributed by atoms with Crippen LogP contribution in [-0.2, 0) is 11.3 Å². The summed E-state index contributed by atoms with van der Waals surface area (Å²) in [6, 6.07) is 17.4. The van der Waals surface area contributed by atoms with Gasteiger partial charge in [-0.3, -0.25) is 4.79 Å². The van der Waals surface area contributed by atoms with E-state index in [4.69, 9.17) is 9.47 Å². The van der Waals surface area contributed by atoms with Crippen LogP contribution in [0.4, 0.5) is 0 Å². The minimum Gasteiger partial charge on any atom is -0.496 e. The lowest BCUT2D eigenvalue weighted by molar-refractivity contribution is 0.0437. The van der Waals surface area contributed by atoms with E-state index in [0.717, 1.165) is 18.5 Å². The predicted octanol–water partition coefficient (Wildman–Crippen LogP) is 3.13. The number of hydrogen-bond donors (Lipinski definition) is 0. The zero-order valence-corrected chi connectivity index (χ0v) is 13.3. The van der Waals surface area contributed by atoms with Crippen LogP contribution in [0.2, 0.25) is 0 Å². The summed E-state index contributed by atoms with van der Waals surface area (Å²) in [6.45, 7) is 1.93. The quantitative estimate of drug-likeness (QED) is 0.851. The number of amides is 1. The lowest BCUT2D eigenvalue weighted by atomic mass is 10.2. The molecule has 1 unspecified atom stereocenters. The van der Waals surface area contributed by atoms with Gasteiger partial charge in [0, 0.05) is 13.1 Å². The van der Waals surface area contributed by atoms with Gasteiger partial charge in [0.05, 0.1) is 25.4 Å². The van der Waals surface area contributed by atoms with Crippen molar-refractivity contribution in [2.45, 2.75) is 19.1 Å². The van der Waals surface area contributed by atoms with Crippen LogP contribution >= 0.6 is 0 Å². The van der Waals surface area contributed by atoms with E-state index >= 15 is 0 Å². The molecule has 23 heavy (non-hydrogen) atoms. The van der Waals surface area contributed by atoms with Gasteiger partial charge in [0.15, 0.2) is 0 Å². The van der Waals surface area contributed by atoms with Gasteiger partial charge in [0.25, 0.3) is 5.91 Å². The Morgan fingerprint density at radius 3 is 2.65 bits per heavy atom. The standard InChI is InChI=1S/C19H21NO3/c1-22-18-10-6-5-9-17(18)19(21)20-12-11-16(13-20)23-14-15-7-3-2-4-8-15/h2-10,16H,11-14H2,1H3. The van der Waals surface area contributed by atoms with Crippen molar-refractivity contribution >= 4 is 5.91 Å². The molecule has 1 amide bonds. The van der Waals surface area contributed by atoms with Gasteiger partial charge in [0.1, 0.15) is 5.75 Å². The highest BCUT2D eigenvalue weighted by molar-refractivity contribution is 5.97. The normalized spacial score (nSPS) is 17.3. The fourth-order valence-electron chi connectivity index (χ4n) is 2.83. The van der Waals surface area contributed by atoms with E-state index < -0.39 is 0 Å². The number of rotatable bonds is 5. The van der Waals surface area contributed by atoms with Gasteiger partial charge in [0.2, 0.25) is 0 Å². The summed E-state index contributed by atoms with van der Waals surface area (Å²) in [7, 11) is 1.59. The van der Waals surface area contributed by atoms with Crippen LogP contribution in [0, 0.1) is 0 Å². The number of nitrogens with zero attached hydrogens (tertiary/aromatic N) is 1. The molecule has 0 bridgehead atoms. The molecular weight excluding hydrogens is 290 g/mol. The highest BCUT2D eigenvalue weighted by atomic mass is 16.5. The Labute approximate surface area is 136 Å². The summed E-state index contributed by atoms with van der Waals surface area (Å²) in [5, 5.41) is 0. The topological polar surface area (TPSA) is 38.8 Å². The first-order valence-corrected chi connectivity index (χ1v) is 7.86. The molecule has 2 aromatic carbocycles. The SMILES string of the molecule is COc1ccccc1C(=O)N1CCC(OCc2ccccc2)C1. The minimum atomic E-state index is 0.00765. The molecule has 1 atom stereocenters. The predicted molar refractivity (Wildman–Crippen MR) is 88.5 cm³/mol. The zero-order chi connectivity index (χ0) is 16.1. The molecule has 1 saturated heterocycles. The van der Waals surface area contributed by atoms with E-state index in [9.17, 15) is 4.79 Å². The molecule has 1 heterocycles. The Hall–Kier alpha value is -2.33. The minimum absolute atomic E-state index is 0.00765. The van der Waals surface area contributed by atoms with Gasteiger partial charge in [-0.2, -0.15) is 0 Å². The maximum absolute atomic E-state index is 12.6. The zero-order valence-electron chi connectivity index (χ0n) is 13.3. The molecule has 0 N–H and O–H groups in total. The summed E-state index contributed by atoms with van der Waals surface area (Å²) in [6.07, 6.45) is 0.960. The van der Waals surface area contributed by atoms with Crippen LogP contribution in [0.15, 0.2) is 54.6 Å². The van der Waals surface area contributed by atoms with Crippen LogP contribution < -0.4 is 4.74 Å². The number of benzene rings is 2. The summed E-state index contributed by atoms with van der Waals surface area (Å²) >= 11 is 0. The Bertz CT molecular complexity index is 657. The number of para-hydroxylation sites is 1. The lowest BCUT2D eigenvalue weighted by Crippen LogP contribution is -2.30. The average molecular weight is 311 g/mol. The van der Waals surface area contributed by atoms with Crippen molar-refractivity contribution in [1.29, 1.82) is 0 Å². The molecule has 4 nitrogen and oxygen atoms in total. The number of methoxy groups -OCH3 is 1. The van der Waals surface area contributed by atoms with Crippen molar-refractivity contribution in [1.82, 2.24) is 4.90 Å². The molecule has 4 heteroatoms. The molecule has 1 fully saturated rings. The van der Waals surface area contributed by atoms with Gasteiger partial charge in [-0.15, -0.1) is 0 Å². The maximum atomic E-state index is 12.6. The average Bonchev–Trinajstić information content (AvgIpc) is 3.09. The van der Waals surface area contributed by atoms with Crippen LogP contribution in [0.25, 0.3) is 0 Å². The number of carbonyl (C=O) groups excluding carboxylic acids is 1. The monoisotopic (exact) mass is 311 g/mol. The van der Waals surface area contributed by atoms with Gasteiger partial charge >= 0.3 is 0 Å². The Balaban J connectivity index is 1.58. The highest BCUT2D eigenvalue weighted by Gasteiger charge is 2.28. The fourth-order valence-corrected chi connectivity index (χ4v) is 2.83. The molecule has 1 aliphatic heterocycles. The first kappa shape index (κ1) is 15.6. The Kier molecular flexibility index (Phi) is 4.93. The smallest absolute Gasteiger partial charge is 0.257 e. The second-order valence-corrected chi connectivity index (χ2v) is 5.66. The summed E-state index contributed by atoms with van der Waals surface area (Å²) in [5.74, 6) is 0.624. The molecule has 0 aliphatic carbocycles. The van der Waals surface area contributed by atoms with Crippen molar-refractivity contribution in [2.24, 2.45) is 0 Å². The second-order valence-electron chi connectivity index (χ2n) is 5.66. The van der Waals surface area contributed by atoms with E-state index in [1.54, 1.807) is 13.2 Å². The molecule has 2 aromatic rings. The Morgan fingerprint density at radius 2 is 1.87 bits per heavy atom. The number of likely N-dealkylation sites (tertiary alicyclic amines) is 1. The molecule has 0 saturated carbocycles. The molecule has 120 valence electrons. The summed E-state index contributed by atoms with van der Waals surface area (Å²) in [5.41, 5.74) is 1.76. The van der Waals surface area contributed by atoms with Gasteiger partial charge in [-0.1, -0.05) is 42.5 Å². The third kappa shape index (κ3) is 3.71. The number of ether oxygens (including phenoxy) is 2. The third-order valence-corrected chi connectivity index (χ3v) is 4.10. The van der Waals surface area contributed by atoms with Gasteiger partial charge in [-0.05, 0) is 24.1 Å². The van der Waals surface area contributed by atoms with Crippen molar-refractivity contribution in [3.05, 3.63) is 65.7 Å². The van der Waals surface area contributed by atoms with Crippen LogP contribution in [0.1, 0.15) is 22.3 Å². The molecule has 0 spiro atoms. The molecule has 0 radical (unpaired) electrons. The van der Waals surface area contributed by atoms with Crippen molar-refractivity contribution < 1.29 is 14.3 Å². The number of carbonyl (C=O) groups is 1. The van der Waals surface area contributed by atoms with E-state index in [1.165, 1.54) is 0 Å². The lowest BCUT2D eigenvalue weighted by Gasteiger charge is -2.18. The van der Waals surface area contributed by atoms with Crippen molar-refractivity contribution in [3.63, 3.8) is 0 Å². The summed E-state index contributed by atoms with van der Waals surface area (Å²) in [4.78, 5) is 14.5. The van der Waals surface area contributed by atoms with Crippen LogP contribution in [-0.4, -0.2) is 37.1 Å². The molecule has 1 aliphatic rings. The summed E-state index contributed by atoms with van der Waals surface area (Å²) < 4.78 is 11.2. The first-order chi connectivity index (χ1) is 11.3. The molecule has 0 aromatic heterocycles. The molecule has 3 rings (SSSR count). The Morgan fingerprint density at radius 1 is 1.13 bits per heavy atom. The van der Waals surface area contributed by atoms with Gasteiger partial charge in [-0.25, -0.2) is 0 Å². The van der Waals surface area contributed by atoms with E-state index in [0.29, 0.717) is 24.5 Å². The van der Waals surface area contributed by atoms with E-state index in [2.05, 4.69) is 0 Å². The fraction of sp³-hybridized carbons (Fsp3) is 0.316. The van der Waals surface area contributed by atoms with E-state index in [-0.39, 0.29) is 12.0 Å². The van der Waals surface area contributed by atoms with Crippen molar-refractivity contribution in [2.75, 3.05) is 20.2 Å². The first-order valence-electron chi connectivity index (χ1n) is 7.86. The highest BCUT2D eigenvalue weighted by Crippen LogP contribution is 2.23. The van der Waals surface area contributed by atoms with Crippen molar-refractivity contribution in [3.8, 4) is 5.75 Å². The van der Waals surface area contributed by atoms with Crippen LogP contribution in [0.3, 0.4) is 0 Å². The second kappa shape index (κ2) is 7.29.